The van der Waals surface area contributed by atoms with E-state index in [2.05, 4.69) is 30.5 Å². The van der Waals surface area contributed by atoms with Gasteiger partial charge < -0.3 is 5.32 Å². The largest absolute Gasteiger partial charge is 0.331 e. The van der Waals surface area contributed by atoms with Gasteiger partial charge in [0.2, 0.25) is 10.0 Å². The third kappa shape index (κ3) is 4.16. The Hall–Kier alpha value is -3.14. The first kappa shape index (κ1) is 19.2. The van der Waals surface area contributed by atoms with Gasteiger partial charge in [-0.05, 0) is 25.3 Å². The molecule has 1 aliphatic rings. The van der Waals surface area contributed by atoms with Crippen LogP contribution in [0.1, 0.15) is 37.8 Å². The summed E-state index contributed by atoms with van der Waals surface area (Å²) < 4.78 is 27.1. The number of carbonyl (C=O) groups excluding carboxylic acids is 1. The highest BCUT2D eigenvalue weighted by atomic mass is 32.2. The second-order valence-corrected chi connectivity index (χ2v) is 9.08. The van der Waals surface area contributed by atoms with E-state index in [0.29, 0.717) is 29.6 Å². The molecule has 0 bridgehead atoms. The molecule has 0 unspecified atom stereocenters. The minimum absolute atomic E-state index is 0.167. The van der Waals surface area contributed by atoms with Crippen molar-refractivity contribution in [2.45, 2.75) is 37.5 Å². The van der Waals surface area contributed by atoms with Crippen LogP contribution in [0.5, 0.6) is 0 Å². The number of hydrogen-bond acceptors (Lipinski definition) is 5. The van der Waals surface area contributed by atoms with Crippen molar-refractivity contribution in [1.29, 1.82) is 0 Å². The minimum atomic E-state index is -3.45. The summed E-state index contributed by atoms with van der Waals surface area (Å²) in [4.78, 5) is 16.5. The zero-order valence-corrected chi connectivity index (χ0v) is 16.7. The van der Waals surface area contributed by atoms with Crippen molar-refractivity contribution in [3.05, 3.63) is 48.2 Å². The van der Waals surface area contributed by atoms with Crippen LogP contribution in [0.4, 0.5) is 16.4 Å². The Kier molecular flexibility index (Phi) is 5.10. The van der Waals surface area contributed by atoms with E-state index in [1.807, 2.05) is 37.3 Å². The molecule has 1 saturated carbocycles. The Morgan fingerprint density at radius 3 is 2.69 bits per heavy atom. The molecule has 1 atom stereocenters. The zero-order valence-electron chi connectivity index (χ0n) is 15.8. The molecule has 152 valence electrons. The van der Waals surface area contributed by atoms with Crippen LogP contribution in [0.25, 0.3) is 10.9 Å². The van der Waals surface area contributed by atoms with Gasteiger partial charge in [0, 0.05) is 12.3 Å². The quantitative estimate of drug-likeness (QED) is 0.492. The van der Waals surface area contributed by atoms with E-state index in [-0.39, 0.29) is 17.1 Å². The van der Waals surface area contributed by atoms with Crippen molar-refractivity contribution in [1.82, 2.24) is 20.5 Å². The van der Waals surface area contributed by atoms with Gasteiger partial charge in [-0.1, -0.05) is 36.8 Å². The summed E-state index contributed by atoms with van der Waals surface area (Å²) in [5.74, 6) is 0.542. The lowest BCUT2D eigenvalue weighted by molar-refractivity contribution is 0.249. The molecule has 4 rings (SSSR count). The number of nitrogens with zero attached hydrogens (tertiary/aromatic N) is 2. The Morgan fingerprint density at radius 1 is 1.24 bits per heavy atom. The molecule has 0 spiro atoms. The number of carbonyl (C=O) groups is 1. The number of nitrogens with one attached hydrogen (secondary N) is 4. The Bertz CT molecular complexity index is 1130. The van der Waals surface area contributed by atoms with Crippen molar-refractivity contribution in [3.63, 3.8) is 0 Å². The topological polar surface area (TPSA) is 129 Å². The monoisotopic (exact) mass is 414 g/mol. The lowest BCUT2D eigenvalue weighted by Gasteiger charge is -2.24. The summed E-state index contributed by atoms with van der Waals surface area (Å²) in [6.07, 6.45) is 3.74. The number of urea groups is 1. The van der Waals surface area contributed by atoms with Crippen LogP contribution in [-0.4, -0.2) is 34.9 Å². The fourth-order valence-electron chi connectivity index (χ4n) is 3.13. The lowest BCUT2D eigenvalue weighted by Crippen LogP contribution is -2.33. The average Bonchev–Trinajstić information content (AvgIpc) is 3.01. The molecule has 29 heavy (non-hydrogen) atoms. The Morgan fingerprint density at radius 2 is 2.00 bits per heavy atom. The predicted molar refractivity (Wildman–Crippen MR) is 111 cm³/mol. The maximum atomic E-state index is 12.3. The summed E-state index contributed by atoms with van der Waals surface area (Å²) in [6.45, 7) is 1.89. The molecule has 0 saturated heterocycles. The van der Waals surface area contributed by atoms with Crippen LogP contribution in [0, 0.1) is 0 Å². The number of aromatic nitrogens is 3. The van der Waals surface area contributed by atoms with E-state index in [9.17, 15) is 13.2 Å². The maximum Gasteiger partial charge on any atom is 0.320 e. The van der Waals surface area contributed by atoms with Crippen LogP contribution in [0.15, 0.2) is 42.6 Å². The highest BCUT2D eigenvalue weighted by Crippen LogP contribution is 2.29. The van der Waals surface area contributed by atoms with Crippen molar-refractivity contribution in [2.24, 2.45) is 0 Å². The van der Waals surface area contributed by atoms with E-state index in [1.54, 1.807) is 6.07 Å². The summed E-state index contributed by atoms with van der Waals surface area (Å²) in [7, 11) is -3.45. The zero-order chi connectivity index (χ0) is 20.4. The number of anilines is 2. The van der Waals surface area contributed by atoms with Crippen molar-refractivity contribution in [2.75, 3.05) is 10.0 Å². The van der Waals surface area contributed by atoms with Gasteiger partial charge in [0.1, 0.15) is 5.82 Å². The molecule has 2 aromatic heterocycles. The fourth-order valence-corrected chi connectivity index (χ4v) is 4.68. The standard InChI is InChI=1S/C19H22N6O3S/c1-12(13-6-3-2-4-7-13)21-19(26)22-17-10-16-15(11-20-17)18(24-23-16)25-29(27,28)14-8-5-9-14/h2-4,6-7,10-12,14H,5,8-9H2,1H3,(H2,23,24,25)(H2,20,21,22,26)/t12-/m1/s1. The first-order valence-electron chi connectivity index (χ1n) is 9.40. The minimum Gasteiger partial charge on any atom is -0.331 e. The van der Waals surface area contributed by atoms with E-state index in [1.165, 1.54) is 6.20 Å². The highest BCUT2D eigenvalue weighted by Gasteiger charge is 2.32. The molecule has 3 aromatic rings. The third-order valence-corrected chi connectivity index (χ3v) is 6.89. The number of sulfonamides is 1. The molecule has 1 aliphatic carbocycles. The number of aromatic amines is 1. The van der Waals surface area contributed by atoms with Gasteiger partial charge in [-0.15, -0.1) is 0 Å². The van der Waals surface area contributed by atoms with Crippen molar-refractivity contribution >= 4 is 38.6 Å². The summed E-state index contributed by atoms with van der Waals surface area (Å²) >= 11 is 0. The SMILES string of the molecule is C[C@@H](NC(=O)Nc1cc2[nH]nc(NS(=O)(=O)C3CCC3)c2cn1)c1ccccc1. The van der Waals surface area contributed by atoms with E-state index >= 15 is 0 Å². The molecule has 9 nitrogen and oxygen atoms in total. The number of H-pyrrole nitrogens is 1. The van der Waals surface area contributed by atoms with Gasteiger partial charge in [-0.25, -0.2) is 18.2 Å². The summed E-state index contributed by atoms with van der Waals surface area (Å²) in [5, 5.41) is 12.5. The van der Waals surface area contributed by atoms with Crippen LogP contribution < -0.4 is 15.4 Å². The first-order valence-corrected chi connectivity index (χ1v) is 11.0. The second kappa shape index (κ2) is 7.70. The average molecular weight is 414 g/mol. The van der Waals surface area contributed by atoms with Crippen LogP contribution in [0.3, 0.4) is 0 Å². The molecule has 2 amide bonds. The third-order valence-electron chi connectivity index (χ3n) is 5.07. The smallest absolute Gasteiger partial charge is 0.320 e. The van der Waals surface area contributed by atoms with Gasteiger partial charge in [-0.3, -0.25) is 15.1 Å². The molecular weight excluding hydrogens is 392 g/mol. The molecule has 2 heterocycles. The number of fused-ring (bicyclic) bond motifs is 1. The van der Waals surface area contributed by atoms with Gasteiger partial charge >= 0.3 is 6.03 Å². The predicted octanol–water partition coefficient (Wildman–Crippen LogP) is 3.13. The summed E-state index contributed by atoms with van der Waals surface area (Å²) in [6, 6.07) is 10.7. The van der Waals surface area contributed by atoms with Gasteiger partial charge in [0.15, 0.2) is 5.82 Å². The van der Waals surface area contributed by atoms with Crippen LogP contribution in [-0.2, 0) is 10.0 Å². The Balaban J connectivity index is 1.43. The van der Waals surface area contributed by atoms with Crippen LogP contribution in [0.2, 0.25) is 0 Å². The molecule has 10 heteroatoms. The molecule has 0 radical (unpaired) electrons. The lowest BCUT2D eigenvalue weighted by atomic mass is 10.0. The number of amides is 2. The van der Waals surface area contributed by atoms with Gasteiger partial charge in [0.05, 0.1) is 22.2 Å². The highest BCUT2D eigenvalue weighted by molar-refractivity contribution is 7.93. The first-order chi connectivity index (χ1) is 13.9. The Labute approximate surface area is 168 Å². The number of hydrogen-bond donors (Lipinski definition) is 4. The number of pyridine rings is 1. The van der Waals surface area contributed by atoms with Gasteiger partial charge in [-0.2, -0.15) is 5.10 Å². The molecular formula is C19H22N6O3S. The molecule has 4 N–H and O–H groups in total. The maximum absolute atomic E-state index is 12.3. The molecule has 0 aliphatic heterocycles. The number of rotatable bonds is 6. The van der Waals surface area contributed by atoms with E-state index in [4.69, 9.17) is 0 Å². The summed E-state index contributed by atoms with van der Waals surface area (Å²) in [5.41, 5.74) is 1.56. The second-order valence-electron chi connectivity index (χ2n) is 7.12. The normalized spacial score (nSPS) is 15.5. The van der Waals surface area contributed by atoms with Crippen LogP contribution >= 0.6 is 0 Å². The fraction of sp³-hybridized carbons (Fsp3) is 0.316. The van der Waals surface area contributed by atoms with Crippen molar-refractivity contribution in [3.8, 4) is 0 Å². The van der Waals surface area contributed by atoms with Crippen molar-refractivity contribution < 1.29 is 13.2 Å². The van der Waals surface area contributed by atoms with E-state index in [0.717, 1.165) is 12.0 Å². The number of benzene rings is 1. The van der Waals surface area contributed by atoms with E-state index < -0.39 is 16.1 Å². The molecule has 1 fully saturated rings. The van der Waals surface area contributed by atoms with Gasteiger partial charge in [0.25, 0.3) is 0 Å². The molecule has 1 aromatic carbocycles.